The zero-order chi connectivity index (χ0) is 20.0. The van der Waals surface area contributed by atoms with Crippen molar-refractivity contribution in [2.75, 3.05) is 37.7 Å². The quantitative estimate of drug-likeness (QED) is 0.594. The Morgan fingerprint density at radius 2 is 1.67 bits per heavy atom. The third-order valence-corrected chi connectivity index (χ3v) is 4.24. The Labute approximate surface area is 161 Å². The number of hydrogen-bond acceptors (Lipinski definition) is 5. The molecule has 1 aliphatic rings. The lowest BCUT2D eigenvalue weighted by Crippen LogP contribution is -2.50. The van der Waals surface area contributed by atoms with E-state index < -0.39 is 5.60 Å². The number of carbonyl (C=O) groups excluding carboxylic acids is 2. The van der Waals surface area contributed by atoms with Crippen LogP contribution in [0.15, 0.2) is 30.3 Å². The number of ether oxygens (including phenoxy) is 2. The summed E-state index contributed by atoms with van der Waals surface area (Å²) < 4.78 is 10.4. The molecule has 0 aliphatic carbocycles. The van der Waals surface area contributed by atoms with Crippen molar-refractivity contribution in [1.29, 1.82) is 0 Å². The summed E-state index contributed by atoms with van der Waals surface area (Å²) >= 11 is 0. The predicted molar refractivity (Wildman–Crippen MR) is 107 cm³/mol. The van der Waals surface area contributed by atoms with Gasteiger partial charge in [-0.3, -0.25) is 0 Å². The first-order valence-corrected chi connectivity index (χ1v) is 9.38. The minimum absolute atomic E-state index is 0.253. The van der Waals surface area contributed by atoms with E-state index in [2.05, 4.69) is 4.90 Å². The second-order valence-electron chi connectivity index (χ2n) is 7.58. The molecule has 0 atom stereocenters. The number of anilines is 1. The van der Waals surface area contributed by atoms with Gasteiger partial charge in [-0.2, -0.15) is 0 Å². The Kier molecular flexibility index (Phi) is 6.88. The lowest BCUT2D eigenvalue weighted by molar-refractivity contribution is -0.137. The number of amides is 1. The minimum Gasteiger partial charge on any atom is -0.463 e. The van der Waals surface area contributed by atoms with Crippen molar-refractivity contribution in [3.8, 4) is 0 Å². The van der Waals surface area contributed by atoms with Gasteiger partial charge in [-0.25, -0.2) is 9.59 Å². The largest absolute Gasteiger partial charge is 0.463 e. The van der Waals surface area contributed by atoms with Crippen LogP contribution in [0, 0.1) is 0 Å². The average molecular weight is 374 g/mol. The van der Waals surface area contributed by atoms with Crippen LogP contribution in [0.5, 0.6) is 0 Å². The van der Waals surface area contributed by atoms with E-state index in [9.17, 15) is 9.59 Å². The number of benzene rings is 1. The molecular formula is C21H30N2O4. The molecule has 0 aromatic heterocycles. The smallest absolute Gasteiger partial charge is 0.410 e. The van der Waals surface area contributed by atoms with Crippen LogP contribution in [0.2, 0.25) is 0 Å². The van der Waals surface area contributed by atoms with Crippen molar-refractivity contribution in [3.63, 3.8) is 0 Å². The van der Waals surface area contributed by atoms with Gasteiger partial charge in [0.2, 0.25) is 0 Å². The third kappa shape index (κ3) is 6.31. The molecule has 0 saturated carbocycles. The first kappa shape index (κ1) is 20.8. The number of nitrogens with zero attached hydrogens (tertiary/aromatic N) is 2. The fourth-order valence-electron chi connectivity index (χ4n) is 2.85. The molecule has 1 amide bonds. The molecule has 1 aromatic rings. The standard InChI is InChI=1S/C21H30N2O4/c1-6-26-19(24)15-16(2)17-7-9-18(10-8-17)22-11-13-23(14-12-22)20(25)27-21(3,4)5/h7-10,15H,6,11-14H2,1-5H3/b16-15-. The number of rotatable bonds is 4. The molecule has 0 bridgehead atoms. The number of allylic oxidation sites excluding steroid dienone is 1. The molecule has 2 rings (SSSR count). The number of carbonyl (C=O) groups is 2. The van der Waals surface area contributed by atoms with Crippen LogP contribution in [0.4, 0.5) is 10.5 Å². The SMILES string of the molecule is CCOC(=O)/C=C(/C)c1ccc(N2CCN(C(=O)OC(C)(C)C)CC2)cc1. The molecule has 1 saturated heterocycles. The Bertz CT molecular complexity index is 681. The van der Waals surface area contributed by atoms with Crippen molar-refractivity contribution in [1.82, 2.24) is 4.90 Å². The van der Waals surface area contributed by atoms with Gasteiger partial charge in [0.25, 0.3) is 0 Å². The predicted octanol–water partition coefficient (Wildman–Crippen LogP) is 3.71. The Morgan fingerprint density at radius 3 is 2.19 bits per heavy atom. The summed E-state index contributed by atoms with van der Waals surface area (Å²) in [7, 11) is 0. The molecular weight excluding hydrogens is 344 g/mol. The lowest BCUT2D eigenvalue weighted by Gasteiger charge is -2.36. The van der Waals surface area contributed by atoms with Gasteiger partial charge in [-0.15, -0.1) is 0 Å². The number of esters is 1. The highest BCUT2D eigenvalue weighted by molar-refractivity contribution is 5.91. The first-order chi connectivity index (χ1) is 12.7. The molecule has 1 heterocycles. The van der Waals surface area contributed by atoms with Gasteiger partial charge in [0.1, 0.15) is 5.60 Å². The summed E-state index contributed by atoms with van der Waals surface area (Å²) in [6.45, 7) is 12.5. The second-order valence-corrected chi connectivity index (χ2v) is 7.58. The molecule has 0 radical (unpaired) electrons. The third-order valence-electron chi connectivity index (χ3n) is 4.24. The van der Waals surface area contributed by atoms with Crippen LogP contribution in [0.25, 0.3) is 5.57 Å². The van der Waals surface area contributed by atoms with E-state index in [1.807, 2.05) is 52.0 Å². The molecule has 27 heavy (non-hydrogen) atoms. The summed E-state index contributed by atoms with van der Waals surface area (Å²) in [6, 6.07) is 8.09. The van der Waals surface area contributed by atoms with E-state index in [1.54, 1.807) is 11.8 Å². The van der Waals surface area contributed by atoms with E-state index in [4.69, 9.17) is 9.47 Å². The van der Waals surface area contributed by atoms with Gasteiger partial charge in [0.05, 0.1) is 6.61 Å². The summed E-state index contributed by atoms with van der Waals surface area (Å²) in [5.74, 6) is -0.322. The minimum atomic E-state index is -0.473. The fraction of sp³-hybridized carbons (Fsp3) is 0.524. The monoisotopic (exact) mass is 374 g/mol. The Hall–Kier alpha value is -2.50. The van der Waals surface area contributed by atoms with Crippen LogP contribution >= 0.6 is 0 Å². The number of hydrogen-bond donors (Lipinski definition) is 0. The van der Waals surface area contributed by atoms with E-state index in [0.29, 0.717) is 19.7 Å². The zero-order valence-electron chi connectivity index (χ0n) is 16.9. The van der Waals surface area contributed by atoms with Crippen molar-refractivity contribution in [3.05, 3.63) is 35.9 Å². The molecule has 1 aliphatic heterocycles. The van der Waals surface area contributed by atoms with Crippen LogP contribution in [0.1, 0.15) is 40.2 Å². The van der Waals surface area contributed by atoms with Crippen molar-refractivity contribution in [2.24, 2.45) is 0 Å². The summed E-state index contributed by atoms with van der Waals surface area (Å²) in [6.07, 6.45) is 1.26. The lowest BCUT2D eigenvalue weighted by atomic mass is 10.1. The normalized spacial score (nSPS) is 15.5. The molecule has 6 nitrogen and oxygen atoms in total. The topological polar surface area (TPSA) is 59.1 Å². The highest BCUT2D eigenvalue weighted by atomic mass is 16.6. The zero-order valence-corrected chi connectivity index (χ0v) is 16.9. The van der Waals surface area contributed by atoms with Crippen LogP contribution in [-0.4, -0.2) is 55.3 Å². The molecule has 148 valence electrons. The van der Waals surface area contributed by atoms with Crippen molar-refractivity contribution >= 4 is 23.3 Å². The first-order valence-electron chi connectivity index (χ1n) is 9.38. The van der Waals surface area contributed by atoms with E-state index in [0.717, 1.165) is 29.9 Å². The summed E-state index contributed by atoms with van der Waals surface area (Å²) in [5, 5.41) is 0. The molecule has 0 N–H and O–H groups in total. The van der Waals surface area contributed by atoms with Crippen LogP contribution < -0.4 is 4.90 Å². The van der Waals surface area contributed by atoms with Crippen LogP contribution in [0.3, 0.4) is 0 Å². The molecule has 0 unspecified atom stereocenters. The van der Waals surface area contributed by atoms with Gasteiger partial charge in [-0.1, -0.05) is 12.1 Å². The van der Waals surface area contributed by atoms with Crippen molar-refractivity contribution < 1.29 is 19.1 Å². The highest BCUT2D eigenvalue weighted by Gasteiger charge is 2.25. The summed E-state index contributed by atoms with van der Waals surface area (Å²) in [5.41, 5.74) is 2.49. The Morgan fingerprint density at radius 1 is 1.07 bits per heavy atom. The van der Waals surface area contributed by atoms with Crippen molar-refractivity contribution in [2.45, 2.75) is 40.2 Å². The fourth-order valence-corrected chi connectivity index (χ4v) is 2.85. The number of piperazine rings is 1. The van der Waals surface area contributed by atoms with Gasteiger partial charge in [0, 0.05) is 37.9 Å². The van der Waals surface area contributed by atoms with E-state index >= 15 is 0 Å². The van der Waals surface area contributed by atoms with E-state index in [-0.39, 0.29) is 12.1 Å². The van der Waals surface area contributed by atoms with Crippen LogP contribution in [-0.2, 0) is 14.3 Å². The van der Waals surface area contributed by atoms with Gasteiger partial charge < -0.3 is 19.3 Å². The van der Waals surface area contributed by atoms with Gasteiger partial charge in [-0.05, 0) is 57.9 Å². The maximum atomic E-state index is 12.2. The van der Waals surface area contributed by atoms with E-state index in [1.165, 1.54) is 6.08 Å². The maximum absolute atomic E-state index is 12.2. The second kappa shape index (κ2) is 8.93. The van der Waals surface area contributed by atoms with Gasteiger partial charge in [0.15, 0.2) is 0 Å². The molecule has 1 aromatic carbocycles. The summed E-state index contributed by atoms with van der Waals surface area (Å²) in [4.78, 5) is 27.7. The highest BCUT2D eigenvalue weighted by Crippen LogP contribution is 2.22. The van der Waals surface area contributed by atoms with Gasteiger partial charge >= 0.3 is 12.1 Å². The average Bonchev–Trinajstić information content (AvgIpc) is 2.60. The molecule has 1 fully saturated rings. The Balaban J connectivity index is 1.93. The molecule has 6 heteroatoms. The maximum Gasteiger partial charge on any atom is 0.410 e. The molecule has 0 spiro atoms.